The Kier molecular flexibility index (Phi) is 5.78. The van der Waals surface area contributed by atoms with Crippen molar-refractivity contribution < 1.29 is 23.9 Å². The van der Waals surface area contributed by atoms with E-state index < -0.39 is 11.8 Å². The van der Waals surface area contributed by atoms with Crippen LogP contribution in [0.15, 0.2) is 48.5 Å². The molecule has 0 aromatic heterocycles. The quantitative estimate of drug-likeness (QED) is 0.754. The van der Waals surface area contributed by atoms with Gasteiger partial charge in [0.2, 0.25) is 11.8 Å². The van der Waals surface area contributed by atoms with Gasteiger partial charge in [-0.15, -0.1) is 0 Å². The topological polar surface area (TPSA) is 111 Å². The van der Waals surface area contributed by atoms with Crippen LogP contribution in [0.2, 0.25) is 0 Å². The molecule has 8 nitrogen and oxygen atoms in total. The first kappa shape index (κ1) is 19.2. The van der Waals surface area contributed by atoms with Crippen molar-refractivity contribution in [1.29, 1.82) is 0 Å². The summed E-state index contributed by atoms with van der Waals surface area (Å²) in [7, 11) is 1.56. The molecule has 2 aromatic rings. The maximum absolute atomic E-state index is 12.6. The molecule has 8 heteroatoms. The first-order valence-electron chi connectivity index (χ1n) is 8.72. The molecule has 1 unspecified atom stereocenters. The summed E-state index contributed by atoms with van der Waals surface area (Å²) in [5, 5.41) is 2.80. The van der Waals surface area contributed by atoms with Crippen molar-refractivity contribution in [2.45, 2.75) is 6.42 Å². The zero-order chi connectivity index (χ0) is 20.1. The molecule has 1 aliphatic rings. The van der Waals surface area contributed by atoms with E-state index >= 15 is 0 Å². The minimum absolute atomic E-state index is 0.108. The molecule has 1 atom stereocenters. The molecule has 0 aliphatic carbocycles. The van der Waals surface area contributed by atoms with Gasteiger partial charge in [0.05, 0.1) is 13.0 Å². The van der Waals surface area contributed by atoms with Crippen molar-refractivity contribution in [3.63, 3.8) is 0 Å². The Morgan fingerprint density at radius 3 is 2.61 bits per heavy atom. The number of amides is 3. The highest BCUT2D eigenvalue weighted by Gasteiger charge is 2.35. The Bertz CT molecular complexity index is 882. The Morgan fingerprint density at radius 2 is 1.93 bits per heavy atom. The number of nitrogens with two attached hydrogens (primary N) is 1. The smallest absolute Gasteiger partial charge is 0.255 e. The van der Waals surface area contributed by atoms with Gasteiger partial charge < -0.3 is 25.4 Å². The number of anilines is 2. The van der Waals surface area contributed by atoms with Gasteiger partial charge in [0.1, 0.15) is 11.5 Å². The number of nitrogens with one attached hydrogen (secondary N) is 1. The normalized spacial score (nSPS) is 16.0. The highest BCUT2D eigenvalue weighted by Crippen LogP contribution is 2.28. The van der Waals surface area contributed by atoms with E-state index in [9.17, 15) is 14.4 Å². The number of benzene rings is 2. The van der Waals surface area contributed by atoms with Crippen molar-refractivity contribution >= 4 is 29.1 Å². The molecule has 1 fully saturated rings. The van der Waals surface area contributed by atoms with Crippen LogP contribution in [0.25, 0.3) is 0 Å². The highest BCUT2D eigenvalue weighted by molar-refractivity contribution is 6.03. The molecule has 3 N–H and O–H groups in total. The molecular formula is C20H21N3O5. The first-order valence-corrected chi connectivity index (χ1v) is 8.72. The van der Waals surface area contributed by atoms with Crippen LogP contribution in [0.1, 0.15) is 6.42 Å². The van der Waals surface area contributed by atoms with E-state index in [1.807, 2.05) is 6.07 Å². The van der Waals surface area contributed by atoms with Crippen molar-refractivity contribution in [2.24, 2.45) is 11.7 Å². The van der Waals surface area contributed by atoms with Crippen LogP contribution in [0.3, 0.4) is 0 Å². The van der Waals surface area contributed by atoms with Gasteiger partial charge in [-0.25, -0.2) is 0 Å². The molecule has 3 rings (SSSR count). The Balaban J connectivity index is 1.60. The minimum Gasteiger partial charge on any atom is -0.497 e. The fraction of sp³-hybridized carbons (Fsp3) is 0.250. The SMILES string of the molecule is COc1cccc(N2CC(C(=O)Nc3ccc(OCC(N)=O)cc3)CC2=O)c1. The van der Waals surface area contributed by atoms with Crippen LogP contribution in [-0.2, 0) is 14.4 Å². The second-order valence-electron chi connectivity index (χ2n) is 6.38. The lowest BCUT2D eigenvalue weighted by Crippen LogP contribution is -2.28. The third-order valence-electron chi connectivity index (χ3n) is 4.36. The summed E-state index contributed by atoms with van der Waals surface area (Å²) in [5.41, 5.74) is 6.30. The molecule has 1 aliphatic heterocycles. The largest absolute Gasteiger partial charge is 0.497 e. The number of hydrogen-bond acceptors (Lipinski definition) is 5. The summed E-state index contributed by atoms with van der Waals surface area (Å²) in [5.74, 6) is -0.240. The summed E-state index contributed by atoms with van der Waals surface area (Å²) >= 11 is 0. The van der Waals surface area contributed by atoms with Gasteiger partial charge in [0, 0.05) is 30.4 Å². The summed E-state index contributed by atoms with van der Waals surface area (Å²) < 4.78 is 10.4. The van der Waals surface area contributed by atoms with Gasteiger partial charge in [-0.3, -0.25) is 14.4 Å². The van der Waals surface area contributed by atoms with Gasteiger partial charge in [-0.1, -0.05) is 6.07 Å². The van der Waals surface area contributed by atoms with Gasteiger partial charge in [-0.2, -0.15) is 0 Å². The van der Waals surface area contributed by atoms with E-state index in [4.69, 9.17) is 15.2 Å². The molecule has 0 radical (unpaired) electrons. The van der Waals surface area contributed by atoms with Gasteiger partial charge in [0.25, 0.3) is 5.91 Å². The third kappa shape index (κ3) is 4.59. The maximum Gasteiger partial charge on any atom is 0.255 e. The van der Waals surface area contributed by atoms with Crippen LogP contribution in [0.5, 0.6) is 11.5 Å². The number of primary amides is 1. The average Bonchev–Trinajstić information content (AvgIpc) is 3.09. The van der Waals surface area contributed by atoms with Crippen LogP contribution in [0.4, 0.5) is 11.4 Å². The Hall–Kier alpha value is -3.55. The number of hydrogen-bond donors (Lipinski definition) is 2. The molecule has 146 valence electrons. The predicted molar refractivity (Wildman–Crippen MR) is 103 cm³/mol. The molecular weight excluding hydrogens is 362 g/mol. The maximum atomic E-state index is 12.6. The lowest BCUT2D eigenvalue weighted by molar-refractivity contribution is -0.122. The third-order valence-corrected chi connectivity index (χ3v) is 4.36. The van der Waals surface area contributed by atoms with Gasteiger partial charge >= 0.3 is 0 Å². The summed E-state index contributed by atoms with van der Waals surface area (Å²) in [6, 6.07) is 13.7. The number of rotatable bonds is 7. The fourth-order valence-corrected chi connectivity index (χ4v) is 2.94. The van der Waals surface area contributed by atoms with Gasteiger partial charge in [-0.05, 0) is 36.4 Å². The predicted octanol–water partition coefficient (Wildman–Crippen LogP) is 1.55. The number of carbonyl (C=O) groups excluding carboxylic acids is 3. The van der Waals surface area contributed by atoms with Gasteiger partial charge in [0.15, 0.2) is 6.61 Å². The first-order chi connectivity index (χ1) is 13.5. The molecule has 1 saturated heterocycles. The molecule has 3 amide bonds. The summed E-state index contributed by atoms with van der Waals surface area (Å²) in [6.45, 7) is 0.0909. The number of carbonyl (C=O) groups is 3. The second kappa shape index (κ2) is 8.43. The number of ether oxygens (including phenoxy) is 2. The zero-order valence-corrected chi connectivity index (χ0v) is 15.4. The number of methoxy groups -OCH3 is 1. The van der Waals surface area contributed by atoms with Crippen LogP contribution in [0, 0.1) is 5.92 Å². The van der Waals surface area contributed by atoms with Crippen LogP contribution < -0.4 is 25.4 Å². The molecule has 0 bridgehead atoms. The van der Waals surface area contributed by atoms with Crippen molar-refractivity contribution in [3.05, 3.63) is 48.5 Å². The summed E-state index contributed by atoms with van der Waals surface area (Å²) in [4.78, 5) is 37.2. The molecule has 0 spiro atoms. The van der Waals surface area contributed by atoms with E-state index in [-0.39, 0.29) is 24.8 Å². The summed E-state index contributed by atoms with van der Waals surface area (Å²) in [6.07, 6.45) is 0.142. The Labute approximate surface area is 162 Å². The lowest BCUT2D eigenvalue weighted by Gasteiger charge is -2.17. The molecule has 1 heterocycles. The molecule has 28 heavy (non-hydrogen) atoms. The number of nitrogens with zero attached hydrogens (tertiary/aromatic N) is 1. The van der Waals surface area contributed by atoms with E-state index in [0.29, 0.717) is 29.4 Å². The Morgan fingerprint density at radius 1 is 1.18 bits per heavy atom. The standard InChI is InChI=1S/C20H21N3O5/c1-27-17-4-2-3-15(10-17)23-11-13(9-19(23)25)20(26)22-14-5-7-16(8-6-14)28-12-18(21)24/h2-8,10,13H,9,11-12H2,1H3,(H2,21,24)(H,22,26). The van der Waals surface area contributed by atoms with Crippen LogP contribution in [-0.4, -0.2) is 38.0 Å². The van der Waals surface area contributed by atoms with Crippen molar-refractivity contribution in [2.75, 3.05) is 30.5 Å². The van der Waals surface area contributed by atoms with E-state index in [1.54, 1.807) is 54.5 Å². The lowest BCUT2D eigenvalue weighted by atomic mass is 10.1. The monoisotopic (exact) mass is 383 g/mol. The highest BCUT2D eigenvalue weighted by atomic mass is 16.5. The van der Waals surface area contributed by atoms with Crippen LogP contribution >= 0.6 is 0 Å². The molecule has 2 aromatic carbocycles. The van der Waals surface area contributed by atoms with Crippen molar-refractivity contribution in [3.8, 4) is 11.5 Å². The molecule has 0 saturated carbocycles. The fourth-order valence-electron chi connectivity index (χ4n) is 2.94. The van der Waals surface area contributed by atoms with E-state index in [2.05, 4.69) is 5.32 Å². The average molecular weight is 383 g/mol. The van der Waals surface area contributed by atoms with E-state index in [0.717, 1.165) is 0 Å². The zero-order valence-electron chi connectivity index (χ0n) is 15.4. The minimum atomic E-state index is -0.566. The second-order valence-corrected chi connectivity index (χ2v) is 6.38. The van der Waals surface area contributed by atoms with E-state index in [1.165, 1.54) is 0 Å². The van der Waals surface area contributed by atoms with Crippen molar-refractivity contribution in [1.82, 2.24) is 0 Å².